The molecule has 0 fully saturated rings. The molecule has 0 saturated heterocycles. The van der Waals surface area contributed by atoms with E-state index in [1.54, 1.807) is 7.11 Å². The smallest absolute Gasteiger partial charge is 0.128 e. The van der Waals surface area contributed by atoms with E-state index in [-0.39, 0.29) is 0 Å². The van der Waals surface area contributed by atoms with Crippen molar-refractivity contribution in [2.75, 3.05) is 7.11 Å². The Labute approximate surface area is 125 Å². The third-order valence-electron chi connectivity index (χ3n) is 4.00. The van der Waals surface area contributed by atoms with Crippen LogP contribution < -0.4 is 4.74 Å². The summed E-state index contributed by atoms with van der Waals surface area (Å²) in [7, 11) is 1.72. The van der Waals surface area contributed by atoms with Gasteiger partial charge in [-0.25, -0.2) is 0 Å². The third-order valence-corrected chi connectivity index (χ3v) is 4.00. The van der Waals surface area contributed by atoms with Crippen LogP contribution in [0.1, 0.15) is 22.4 Å². The fourth-order valence-corrected chi connectivity index (χ4v) is 2.85. The number of rotatable bonds is 3. The summed E-state index contributed by atoms with van der Waals surface area (Å²) in [6.07, 6.45) is 4.01. The summed E-state index contributed by atoms with van der Waals surface area (Å²) in [6.45, 7) is 6.98. The fraction of sp³-hybridized carbons (Fsp3) is 0.278. The normalized spacial score (nSPS) is 11.0. The van der Waals surface area contributed by atoms with Gasteiger partial charge in [0.2, 0.25) is 0 Å². The van der Waals surface area contributed by atoms with Crippen LogP contribution in [0.15, 0.2) is 36.7 Å². The predicted octanol–water partition coefficient (Wildman–Crippen LogP) is 4.02. The van der Waals surface area contributed by atoms with Gasteiger partial charge >= 0.3 is 0 Å². The van der Waals surface area contributed by atoms with Crippen LogP contribution in [-0.4, -0.2) is 16.7 Å². The van der Waals surface area contributed by atoms with Crippen LogP contribution >= 0.6 is 0 Å². The summed E-state index contributed by atoms with van der Waals surface area (Å²) in [6, 6.07) is 8.69. The predicted molar refractivity (Wildman–Crippen MR) is 86.0 cm³/mol. The molecule has 2 heterocycles. The van der Waals surface area contributed by atoms with E-state index in [4.69, 9.17) is 4.74 Å². The first-order chi connectivity index (χ1) is 10.1. The molecule has 0 aliphatic heterocycles. The van der Waals surface area contributed by atoms with Crippen LogP contribution in [0.5, 0.6) is 5.75 Å². The second-order valence-corrected chi connectivity index (χ2v) is 5.55. The van der Waals surface area contributed by atoms with Crippen LogP contribution in [-0.2, 0) is 6.54 Å². The number of aromatic nitrogens is 2. The lowest BCUT2D eigenvalue weighted by atomic mass is 10.1. The van der Waals surface area contributed by atoms with Gasteiger partial charge in [-0.05, 0) is 44.4 Å². The molecule has 0 N–H and O–H groups in total. The second-order valence-electron chi connectivity index (χ2n) is 5.55. The van der Waals surface area contributed by atoms with Crippen molar-refractivity contribution >= 4 is 10.9 Å². The average molecular weight is 280 g/mol. The highest BCUT2D eigenvalue weighted by Gasteiger charge is 2.11. The van der Waals surface area contributed by atoms with Gasteiger partial charge in [0.15, 0.2) is 0 Å². The van der Waals surface area contributed by atoms with Crippen molar-refractivity contribution in [1.29, 1.82) is 0 Å². The summed E-state index contributed by atoms with van der Waals surface area (Å²) in [4.78, 5) is 4.58. The maximum atomic E-state index is 5.49. The van der Waals surface area contributed by atoms with E-state index in [1.165, 1.54) is 16.5 Å². The maximum Gasteiger partial charge on any atom is 0.128 e. The van der Waals surface area contributed by atoms with E-state index in [2.05, 4.69) is 53.9 Å². The molecule has 1 aromatic carbocycles. The SMILES string of the molecule is COc1c(C)cnc(Cn2ccc3cc(C)ccc32)c1C. The Balaban J connectivity index is 2.03. The van der Waals surface area contributed by atoms with Crippen LogP contribution in [0.4, 0.5) is 0 Å². The summed E-state index contributed by atoms with van der Waals surface area (Å²) < 4.78 is 7.72. The molecule has 0 spiro atoms. The highest BCUT2D eigenvalue weighted by molar-refractivity contribution is 5.80. The summed E-state index contributed by atoms with van der Waals surface area (Å²) in [5.41, 5.74) is 5.77. The molecule has 3 aromatic rings. The van der Waals surface area contributed by atoms with Gasteiger partial charge in [-0.3, -0.25) is 4.98 Å². The van der Waals surface area contributed by atoms with Crippen molar-refractivity contribution in [3.63, 3.8) is 0 Å². The molecule has 3 rings (SSSR count). The molecule has 0 radical (unpaired) electrons. The summed E-state index contributed by atoms with van der Waals surface area (Å²) >= 11 is 0. The molecular weight excluding hydrogens is 260 g/mol. The molecular formula is C18H20N2O. The highest BCUT2D eigenvalue weighted by atomic mass is 16.5. The lowest BCUT2D eigenvalue weighted by Gasteiger charge is -2.13. The minimum absolute atomic E-state index is 0.759. The lowest BCUT2D eigenvalue weighted by molar-refractivity contribution is 0.406. The van der Waals surface area contributed by atoms with Gasteiger partial charge in [0.25, 0.3) is 0 Å². The van der Waals surface area contributed by atoms with Crippen molar-refractivity contribution in [3.8, 4) is 5.75 Å². The van der Waals surface area contributed by atoms with Crippen molar-refractivity contribution in [2.45, 2.75) is 27.3 Å². The molecule has 3 heteroatoms. The van der Waals surface area contributed by atoms with Crippen molar-refractivity contribution in [3.05, 3.63) is 59.0 Å². The van der Waals surface area contributed by atoms with E-state index in [0.29, 0.717) is 0 Å². The third kappa shape index (κ3) is 2.40. The Bertz CT molecular complexity index is 802. The van der Waals surface area contributed by atoms with Gasteiger partial charge in [-0.1, -0.05) is 11.6 Å². The summed E-state index contributed by atoms with van der Waals surface area (Å²) in [5, 5.41) is 1.27. The number of fused-ring (bicyclic) bond motifs is 1. The average Bonchev–Trinajstić information content (AvgIpc) is 2.85. The van der Waals surface area contributed by atoms with E-state index in [0.717, 1.165) is 29.1 Å². The second kappa shape index (κ2) is 5.24. The number of methoxy groups -OCH3 is 1. The molecule has 108 valence electrons. The van der Waals surface area contributed by atoms with Crippen molar-refractivity contribution in [2.24, 2.45) is 0 Å². The molecule has 0 unspecified atom stereocenters. The number of benzene rings is 1. The largest absolute Gasteiger partial charge is 0.496 e. The fourth-order valence-electron chi connectivity index (χ4n) is 2.85. The lowest BCUT2D eigenvalue weighted by Crippen LogP contribution is -2.05. The number of ether oxygens (including phenoxy) is 1. The first kappa shape index (κ1) is 13.7. The molecule has 3 nitrogen and oxygen atoms in total. The minimum Gasteiger partial charge on any atom is -0.496 e. The molecule has 0 bridgehead atoms. The van der Waals surface area contributed by atoms with E-state index in [9.17, 15) is 0 Å². The minimum atomic E-state index is 0.759. The van der Waals surface area contributed by atoms with Gasteiger partial charge in [-0.2, -0.15) is 0 Å². The first-order valence-electron chi connectivity index (χ1n) is 7.14. The van der Waals surface area contributed by atoms with E-state index >= 15 is 0 Å². The quantitative estimate of drug-likeness (QED) is 0.724. The molecule has 0 atom stereocenters. The Kier molecular flexibility index (Phi) is 3.42. The van der Waals surface area contributed by atoms with Crippen molar-refractivity contribution in [1.82, 2.24) is 9.55 Å². The Morgan fingerprint density at radius 2 is 1.95 bits per heavy atom. The number of hydrogen-bond acceptors (Lipinski definition) is 2. The van der Waals surface area contributed by atoms with Gasteiger partial charge in [0, 0.05) is 29.0 Å². The zero-order chi connectivity index (χ0) is 15.0. The van der Waals surface area contributed by atoms with Crippen molar-refractivity contribution < 1.29 is 4.74 Å². The van der Waals surface area contributed by atoms with Gasteiger partial charge in [-0.15, -0.1) is 0 Å². The Morgan fingerprint density at radius 3 is 2.71 bits per heavy atom. The number of hydrogen-bond donors (Lipinski definition) is 0. The van der Waals surface area contributed by atoms with Crippen LogP contribution in [0.2, 0.25) is 0 Å². The molecule has 0 aliphatic carbocycles. The van der Waals surface area contributed by atoms with E-state index in [1.807, 2.05) is 13.1 Å². The molecule has 0 aliphatic rings. The first-order valence-corrected chi connectivity index (χ1v) is 7.14. The monoisotopic (exact) mass is 280 g/mol. The molecule has 2 aromatic heterocycles. The zero-order valence-corrected chi connectivity index (χ0v) is 13.0. The molecule has 0 saturated carbocycles. The zero-order valence-electron chi connectivity index (χ0n) is 13.0. The standard InChI is InChI=1S/C18H20N2O/c1-12-5-6-17-15(9-12)7-8-20(17)11-16-14(3)18(21-4)13(2)10-19-16/h5-10H,11H2,1-4H3. The van der Waals surface area contributed by atoms with E-state index < -0.39 is 0 Å². The number of pyridine rings is 1. The van der Waals surface area contributed by atoms with Gasteiger partial charge in [0.1, 0.15) is 5.75 Å². The topological polar surface area (TPSA) is 27.1 Å². The molecule has 0 amide bonds. The molecule has 21 heavy (non-hydrogen) atoms. The number of aryl methyl sites for hydroxylation is 2. The highest BCUT2D eigenvalue weighted by Crippen LogP contribution is 2.25. The maximum absolute atomic E-state index is 5.49. The Morgan fingerprint density at radius 1 is 1.14 bits per heavy atom. The van der Waals surface area contributed by atoms with Crippen LogP contribution in [0.25, 0.3) is 10.9 Å². The van der Waals surface area contributed by atoms with Gasteiger partial charge < -0.3 is 9.30 Å². The van der Waals surface area contributed by atoms with Crippen LogP contribution in [0.3, 0.4) is 0 Å². The Hall–Kier alpha value is -2.29. The van der Waals surface area contributed by atoms with Gasteiger partial charge in [0.05, 0.1) is 19.3 Å². The van der Waals surface area contributed by atoms with Crippen LogP contribution in [0, 0.1) is 20.8 Å². The number of nitrogens with zero attached hydrogens (tertiary/aromatic N) is 2. The summed E-state index contributed by atoms with van der Waals surface area (Å²) in [5.74, 6) is 0.937.